The molecule has 2 N–H and O–H groups in total. The minimum atomic E-state index is -0.926. The fourth-order valence-corrected chi connectivity index (χ4v) is 1.68. The lowest BCUT2D eigenvalue weighted by atomic mass is 10.2. The first-order valence-electron chi connectivity index (χ1n) is 6.08. The number of aliphatic carboxylic acids is 1. The predicted molar refractivity (Wildman–Crippen MR) is 68.0 cm³/mol. The van der Waals surface area contributed by atoms with E-state index in [4.69, 9.17) is 10.4 Å². The number of hydrogen-bond acceptors (Lipinski definition) is 5. The lowest BCUT2D eigenvalue weighted by Crippen LogP contribution is -2.47. The van der Waals surface area contributed by atoms with Crippen LogP contribution in [-0.4, -0.2) is 66.6 Å². The Morgan fingerprint density at radius 2 is 2.00 bits per heavy atom. The molecule has 19 heavy (non-hydrogen) atoms. The quantitative estimate of drug-likeness (QED) is 0.385. The van der Waals surface area contributed by atoms with Gasteiger partial charge in [-0.1, -0.05) is 0 Å². The van der Waals surface area contributed by atoms with E-state index in [0.29, 0.717) is 13.1 Å². The van der Waals surface area contributed by atoms with Crippen molar-refractivity contribution in [1.29, 1.82) is 5.26 Å². The molecule has 0 aromatic heterocycles. The molecule has 0 aromatic carbocycles. The van der Waals surface area contributed by atoms with E-state index < -0.39 is 5.97 Å². The third-order valence-electron chi connectivity index (χ3n) is 2.87. The summed E-state index contributed by atoms with van der Waals surface area (Å²) >= 11 is 0. The summed E-state index contributed by atoms with van der Waals surface area (Å²) in [6.45, 7) is 2.97. The van der Waals surface area contributed by atoms with E-state index >= 15 is 0 Å². The van der Waals surface area contributed by atoms with Gasteiger partial charge >= 0.3 is 5.97 Å². The number of piperazine rings is 1. The number of hydrogen-bond donors (Lipinski definition) is 2. The number of carbonyl (C=O) groups excluding carboxylic acids is 1. The van der Waals surface area contributed by atoms with E-state index in [-0.39, 0.29) is 24.4 Å². The molecule has 1 fully saturated rings. The average molecular weight is 266 g/mol. The lowest BCUT2D eigenvalue weighted by Gasteiger charge is -2.32. The number of carbonyl (C=O) groups is 2. The molecule has 1 amide bonds. The maximum atomic E-state index is 12.0. The third-order valence-corrected chi connectivity index (χ3v) is 2.87. The molecule has 1 heterocycles. The van der Waals surface area contributed by atoms with Gasteiger partial charge < -0.3 is 20.2 Å². The number of carboxylic acid groups (broad SMARTS) is 1. The van der Waals surface area contributed by atoms with Gasteiger partial charge in [0.05, 0.1) is 6.42 Å². The normalized spacial score (nSPS) is 16.8. The minimum absolute atomic E-state index is 0.00921. The molecule has 7 heteroatoms. The van der Waals surface area contributed by atoms with Crippen LogP contribution in [0.2, 0.25) is 0 Å². The second-order valence-corrected chi connectivity index (χ2v) is 4.36. The van der Waals surface area contributed by atoms with Crippen molar-refractivity contribution in [1.82, 2.24) is 15.1 Å². The highest BCUT2D eigenvalue weighted by Gasteiger charge is 2.21. The summed E-state index contributed by atoms with van der Waals surface area (Å²) < 4.78 is 0. The van der Waals surface area contributed by atoms with Crippen LogP contribution in [0.25, 0.3) is 0 Å². The summed E-state index contributed by atoms with van der Waals surface area (Å²) in [5, 5.41) is 20.1. The van der Waals surface area contributed by atoms with Crippen molar-refractivity contribution in [3.8, 4) is 6.07 Å². The van der Waals surface area contributed by atoms with E-state index in [1.165, 1.54) is 6.20 Å². The Balaban J connectivity index is 2.49. The highest BCUT2D eigenvalue weighted by atomic mass is 16.4. The molecule has 0 spiro atoms. The summed E-state index contributed by atoms with van der Waals surface area (Å²) in [6.07, 6.45) is 1.24. The van der Waals surface area contributed by atoms with Gasteiger partial charge in [-0.05, 0) is 7.05 Å². The molecular weight excluding hydrogens is 248 g/mol. The van der Waals surface area contributed by atoms with Crippen molar-refractivity contribution in [2.24, 2.45) is 0 Å². The van der Waals surface area contributed by atoms with Crippen molar-refractivity contribution >= 4 is 11.9 Å². The number of rotatable bonds is 5. The Hall–Kier alpha value is -2.07. The second-order valence-electron chi connectivity index (χ2n) is 4.36. The highest BCUT2D eigenvalue weighted by Crippen LogP contribution is 2.05. The molecule has 0 aromatic rings. The Morgan fingerprint density at radius 3 is 2.53 bits per heavy atom. The topological polar surface area (TPSA) is 96.7 Å². The molecular formula is C12H18N4O3. The molecule has 7 nitrogen and oxygen atoms in total. The van der Waals surface area contributed by atoms with Crippen molar-refractivity contribution in [2.75, 3.05) is 39.8 Å². The van der Waals surface area contributed by atoms with Crippen LogP contribution in [0.3, 0.4) is 0 Å². The van der Waals surface area contributed by atoms with Gasteiger partial charge in [-0.25, -0.2) is 0 Å². The molecule has 0 atom stereocenters. The number of nitriles is 1. The molecule has 1 rings (SSSR count). The Labute approximate surface area is 112 Å². The van der Waals surface area contributed by atoms with Gasteiger partial charge in [0.15, 0.2) is 0 Å². The monoisotopic (exact) mass is 266 g/mol. The largest absolute Gasteiger partial charge is 0.481 e. The number of nitrogens with one attached hydrogen (secondary N) is 1. The van der Waals surface area contributed by atoms with Gasteiger partial charge in [0.25, 0.3) is 5.91 Å². The van der Waals surface area contributed by atoms with Crippen LogP contribution in [0.4, 0.5) is 0 Å². The summed E-state index contributed by atoms with van der Waals surface area (Å²) in [5.41, 5.74) is 0.00921. The maximum Gasteiger partial charge on any atom is 0.305 e. The van der Waals surface area contributed by atoms with E-state index in [0.717, 1.165) is 13.1 Å². The molecule has 0 unspecified atom stereocenters. The van der Waals surface area contributed by atoms with Crippen molar-refractivity contribution in [3.63, 3.8) is 0 Å². The van der Waals surface area contributed by atoms with Gasteiger partial charge in [-0.2, -0.15) is 5.26 Å². The van der Waals surface area contributed by atoms with E-state index in [1.807, 2.05) is 13.1 Å². The van der Waals surface area contributed by atoms with E-state index in [2.05, 4.69) is 10.2 Å². The summed E-state index contributed by atoms with van der Waals surface area (Å²) in [5.74, 6) is -1.23. The molecule has 0 bridgehead atoms. The Bertz CT molecular complexity index is 406. The first kappa shape index (κ1) is 15.0. The van der Waals surface area contributed by atoms with Crippen LogP contribution in [-0.2, 0) is 9.59 Å². The number of likely N-dealkylation sites (N-methyl/N-ethyl adjacent to an activating group) is 1. The van der Waals surface area contributed by atoms with Crippen LogP contribution in [0.5, 0.6) is 0 Å². The van der Waals surface area contributed by atoms with E-state index in [9.17, 15) is 9.59 Å². The van der Waals surface area contributed by atoms with Crippen LogP contribution in [0, 0.1) is 11.3 Å². The van der Waals surface area contributed by atoms with E-state index in [1.54, 1.807) is 4.90 Å². The average Bonchev–Trinajstić information content (AvgIpc) is 2.39. The highest BCUT2D eigenvalue weighted by molar-refractivity contribution is 5.97. The van der Waals surface area contributed by atoms with Crippen molar-refractivity contribution in [3.05, 3.63) is 11.8 Å². The zero-order valence-corrected chi connectivity index (χ0v) is 10.9. The van der Waals surface area contributed by atoms with Gasteiger partial charge in [-0.15, -0.1) is 0 Å². The van der Waals surface area contributed by atoms with Crippen LogP contribution in [0.1, 0.15) is 6.42 Å². The Kier molecular flexibility index (Phi) is 5.82. The molecule has 0 saturated carbocycles. The molecule has 1 saturated heterocycles. The number of nitrogens with zero attached hydrogens (tertiary/aromatic N) is 3. The van der Waals surface area contributed by atoms with Gasteiger partial charge in [0, 0.05) is 38.9 Å². The zero-order chi connectivity index (χ0) is 14.3. The summed E-state index contributed by atoms with van der Waals surface area (Å²) in [6, 6.07) is 1.84. The standard InChI is InChI=1S/C12H18N4O3/c1-15-4-6-16(7-5-15)12(19)10(8-13)9-14-3-2-11(17)18/h9,14H,2-7H2,1H3,(H,17,18)/b10-9-. The van der Waals surface area contributed by atoms with Gasteiger partial charge in [0.2, 0.25) is 0 Å². The minimum Gasteiger partial charge on any atom is -0.481 e. The SMILES string of the molecule is CN1CCN(C(=O)/C(C#N)=C\NCCC(=O)O)CC1. The fraction of sp³-hybridized carbons (Fsp3) is 0.583. The third kappa shape index (κ3) is 4.97. The number of amides is 1. The summed E-state index contributed by atoms with van der Waals surface area (Å²) in [4.78, 5) is 26.1. The maximum absolute atomic E-state index is 12.0. The van der Waals surface area contributed by atoms with Crippen LogP contribution in [0.15, 0.2) is 11.8 Å². The summed E-state index contributed by atoms with van der Waals surface area (Å²) in [7, 11) is 1.98. The molecule has 1 aliphatic heterocycles. The van der Waals surface area contributed by atoms with Crippen LogP contribution < -0.4 is 5.32 Å². The van der Waals surface area contributed by atoms with Gasteiger partial charge in [-0.3, -0.25) is 9.59 Å². The van der Waals surface area contributed by atoms with Crippen LogP contribution >= 0.6 is 0 Å². The smallest absolute Gasteiger partial charge is 0.305 e. The predicted octanol–water partition coefficient (Wildman–Crippen LogP) is -0.768. The molecule has 104 valence electrons. The molecule has 0 aliphatic carbocycles. The lowest BCUT2D eigenvalue weighted by molar-refractivity contribution is -0.136. The van der Waals surface area contributed by atoms with Crippen molar-refractivity contribution in [2.45, 2.75) is 6.42 Å². The Morgan fingerprint density at radius 1 is 1.37 bits per heavy atom. The first-order valence-corrected chi connectivity index (χ1v) is 6.08. The molecule has 1 aliphatic rings. The zero-order valence-electron chi connectivity index (χ0n) is 10.9. The molecule has 0 radical (unpaired) electrons. The number of carboxylic acids is 1. The van der Waals surface area contributed by atoms with Crippen molar-refractivity contribution < 1.29 is 14.7 Å². The first-order chi connectivity index (χ1) is 9.04. The second kappa shape index (κ2) is 7.38. The van der Waals surface area contributed by atoms with Gasteiger partial charge in [0.1, 0.15) is 11.6 Å². The fourth-order valence-electron chi connectivity index (χ4n) is 1.68.